The molecule has 0 spiro atoms. The summed E-state index contributed by atoms with van der Waals surface area (Å²) in [5.74, 6) is -0.259. The second-order valence-corrected chi connectivity index (χ2v) is 11.4. The fourth-order valence-corrected chi connectivity index (χ4v) is 7.80. The molecule has 0 fully saturated rings. The van der Waals surface area contributed by atoms with Crippen molar-refractivity contribution in [2.75, 3.05) is 5.88 Å². The standard InChI is InChI=1S/C20H23ClO5S2/c21-14-8-7-9-17(16-22)15-20(27(23,24)18-10-3-1-4-11-18)28(25,26)19-12-5-2-6-13-19/h1-6,10-13,16-17,20H,7-9,14-15H2/t17-/m1/s1. The van der Waals surface area contributed by atoms with Crippen LogP contribution in [-0.4, -0.2) is 33.6 Å². The molecule has 8 heteroatoms. The Morgan fingerprint density at radius 1 is 0.786 bits per heavy atom. The molecule has 0 N–H and O–H groups in total. The SMILES string of the molecule is O=C[C@H](CCCCCl)CC(S(=O)(=O)c1ccccc1)S(=O)(=O)c1ccccc1. The molecule has 28 heavy (non-hydrogen) atoms. The molecule has 0 unspecified atom stereocenters. The van der Waals surface area contributed by atoms with Gasteiger partial charge in [-0.25, -0.2) is 16.8 Å². The first-order valence-corrected chi connectivity index (χ1v) is 12.6. The fraction of sp³-hybridized carbons (Fsp3) is 0.350. The summed E-state index contributed by atoms with van der Waals surface area (Å²) in [6, 6.07) is 14.9. The van der Waals surface area contributed by atoms with E-state index in [9.17, 15) is 21.6 Å². The topological polar surface area (TPSA) is 85.3 Å². The summed E-state index contributed by atoms with van der Waals surface area (Å²) in [7, 11) is -8.43. The maximum Gasteiger partial charge on any atom is 0.195 e. The highest BCUT2D eigenvalue weighted by molar-refractivity contribution is 8.09. The minimum atomic E-state index is -4.22. The van der Waals surface area contributed by atoms with Crippen molar-refractivity contribution in [3.63, 3.8) is 0 Å². The van der Waals surface area contributed by atoms with E-state index in [2.05, 4.69) is 0 Å². The van der Waals surface area contributed by atoms with Crippen LogP contribution in [0, 0.1) is 5.92 Å². The number of rotatable bonds is 11. The maximum absolute atomic E-state index is 13.2. The van der Waals surface area contributed by atoms with E-state index in [1.807, 2.05) is 0 Å². The van der Waals surface area contributed by atoms with Gasteiger partial charge in [-0.15, -0.1) is 11.6 Å². The number of unbranched alkanes of at least 4 members (excludes halogenated alkanes) is 1. The third-order valence-corrected chi connectivity index (χ3v) is 9.90. The van der Waals surface area contributed by atoms with E-state index in [1.165, 1.54) is 48.5 Å². The number of benzene rings is 2. The molecular weight excluding hydrogens is 420 g/mol. The highest BCUT2D eigenvalue weighted by Gasteiger charge is 2.41. The Labute approximate surface area is 171 Å². The second-order valence-electron chi connectivity index (χ2n) is 6.46. The highest BCUT2D eigenvalue weighted by Crippen LogP contribution is 2.31. The largest absolute Gasteiger partial charge is 0.303 e. The summed E-state index contributed by atoms with van der Waals surface area (Å²) in [6.07, 6.45) is 2.04. The average Bonchev–Trinajstić information content (AvgIpc) is 2.71. The molecule has 1 atom stereocenters. The molecule has 0 radical (unpaired) electrons. The molecule has 0 heterocycles. The van der Waals surface area contributed by atoms with Crippen LogP contribution in [0.5, 0.6) is 0 Å². The van der Waals surface area contributed by atoms with Crippen LogP contribution >= 0.6 is 11.6 Å². The van der Waals surface area contributed by atoms with E-state index >= 15 is 0 Å². The third-order valence-electron chi connectivity index (χ3n) is 4.48. The number of alkyl halides is 1. The van der Waals surface area contributed by atoms with Crippen LogP contribution in [0.15, 0.2) is 70.5 Å². The number of carbonyl (C=O) groups excluding carboxylic acids is 1. The Morgan fingerprint density at radius 2 is 1.25 bits per heavy atom. The second kappa shape index (κ2) is 10.2. The van der Waals surface area contributed by atoms with Crippen molar-refractivity contribution in [3.05, 3.63) is 60.7 Å². The predicted molar refractivity (Wildman–Crippen MR) is 110 cm³/mol. The van der Waals surface area contributed by atoms with Crippen molar-refractivity contribution < 1.29 is 21.6 Å². The molecule has 0 amide bonds. The smallest absolute Gasteiger partial charge is 0.195 e. The first-order valence-electron chi connectivity index (χ1n) is 8.93. The van der Waals surface area contributed by atoms with E-state index in [-0.39, 0.29) is 16.2 Å². The van der Waals surface area contributed by atoms with Crippen LogP contribution in [0.3, 0.4) is 0 Å². The van der Waals surface area contributed by atoms with Gasteiger partial charge in [-0.1, -0.05) is 42.8 Å². The quantitative estimate of drug-likeness (QED) is 0.299. The lowest BCUT2D eigenvalue weighted by atomic mass is 10.0. The molecule has 0 saturated heterocycles. The molecule has 0 aliphatic rings. The van der Waals surface area contributed by atoms with Gasteiger partial charge in [-0.2, -0.15) is 0 Å². The summed E-state index contributed by atoms with van der Waals surface area (Å²) in [5, 5.41) is 0. The summed E-state index contributed by atoms with van der Waals surface area (Å²) < 4.78 is 51.1. The average molecular weight is 443 g/mol. The number of hydrogen-bond donors (Lipinski definition) is 0. The molecule has 2 aromatic carbocycles. The van der Waals surface area contributed by atoms with E-state index in [4.69, 9.17) is 11.6 Å². The monoisotopic (exact) mass is 442 g/mol. The minimum Gasteiger partial charge on any atom is -0.303 e. The van der Waals surface area contributed by atoms with Crippen LogP contribution in [0.25, 0.3) is 0 Å². The number of hydrogen-bond acceptors (Lipinski definition) is 5. The number of carbonyl (C=O) groups is 1. The Hall–Kier alpha value is -1.70. The van der Waals surface area contributed by atoms with Gasteiger partial charge >= 0.3 is 0 Å². The lowest BCUT2D eigenvalue weighted by Crippen LogP contribution is -2.33. The summed E-state index contributed by atoms with van der Waals surface area (Å²) in [6.45, 7) is 0. The van der Waals surface area contributed by atoms with Gasteiger partial charge in [-0.3, -0.25) is 0 Å². The zero-order valence-corrected chi connectivity index (χ0v) is 17.7. The Morgan fingerprint density at radius 3 is 1.64 bits per heavy atom. The van der Waals surface area contributed by atoms with Crippen LogP contribution in [0.1, 0.15) is 25.7 Å². The van der Waals surface area contributed by atoms with Crippen LogP contribution in [0.2, 0.25) is 0 Å². The first-order chi connectivity index (χ1) is 13.3. The van der Waals surface area contributed by atoms with Crippen molar-refractivity contribution in [2.24, 2.45) is 5.92 Å². The molecule has 0 saturated carbocycles. The zero-order chi connectivity index (χ0) is 20.6. The van der Waals surface area contributed by atoms with Gasteiger partial charge in [0.2, 0.25) is 0 Å². The highest BCUT2D eigenvalue weighted by atomic mass is 35.5. The zero-order valence-electron chi connectivity index (χ0n) is 15.3. The van der Waals surface area contributed by atoms with Crippen molar-refractivity contribution in [1.82, 2.24) is 0 Å². The van der Waals surface area contributed by atoms with Gasteiger partial charge in [0.1, 0.15) is 6.29 Å². The molecule has 2 rings (SSSR count). The van der Waals surface area contributed by atoms with Crippen molar-refractivity contribution in [1.29, 1.82) is 0 Å². The van der Waals surface area contributed by atoms with Gasteiger partial charge in [0.05, 0.1) is 9.79 Å². The van der Waals surface area contributed by atoms with Crippen LogP contribution in [0.4, 0.5) is 0 Å². The number of sulfone groups is 2. The summed E-state index contributed by atoms with van der Waals surface area (Å²) in [5.41, 5.74) is 0. The van der Waals surface area contributed by atoms with E-state index in [1.54, 1.807) is 12.1 Å². The van der Waals surface area contributed by atoms with E-state index in [0.29, 0.717) is 31.4 Å². The van der Waals surface area contributed by atoms with Gasteiger partial charge < -0.3 is 4.79 Å². The number of aldehydes is 1. The molecule has 5 nitrogen and oxygen atoms in total. The molecule has 2 aromatic rings. The molecule has 0 bridgehead atoms. The molecular formula is C20H23ClO5S2. The first kappa shape index (κ1) is 22.6. The van der Waals surface area contributed by atoms with Crippen molar-refractivity contribution in [3.8, 4) is 0 Å². The summed E-state index contributed by atoms with van der Waals surface area (Å²) in [4.78, 5) is 11.4. The fourth-order valence-electron chi connectivity index (χ4n) is 2.93. The lowest BCUT2D eigenvalue weighted by Gasteiger charge is -2.21. The predicted octanol–water partition coefficient (Wildman–Crippen LogP) is 3.87. The van der Waals surface area contributed by atoms with Gasteiger partial charge in [0.15, 0.2) is 24.3 Å². The van der Waals surface area contributed by atoms with E-state index < -0.39 is 30.2 Å². The van der Waals surface area contributed by atoms with Crippen LogP contribution < -0.4 is 0 Å². The normalized spacial score (nSPS) is 13.4. The van der Waals surface area contributed by atoms with Crippen LogP contribution in [-0.2, 0) is 24.5 Å². The van der Waals surface area contributed by atoms with Crippen molar-refractivity contribution >= 4 is 37.6 Å². The van der Waals surface area contributed by atoms with Gasteiger partial charge in [-0.05, 0) is 43.5 Å². The minimum absolute atomic E-state index is 0.0788. The van der Waals surface area contributed by atoms with E-state index in [0.717, 1.165) is 0 Å². The lowest BCUT2D eigenvalue weighted by molar-refractivity contribution is -0.111. The molecule has 0 aliphatic carbocycles. The molecule has 152 valence electrons. The molecule has 0 aliphatic heterocycles. The van der Waals surface area contributed by atoms with Crippen molar-refractivity contribution in [2.45, 2.75) is 40.1 Å². The Bertz CT molecular complexity index is 889. The maximum atomic E-state index is 13.2. The molecule has 0 aromatic heterocycles. The Balaban J connectivity index is 2.48. The number of halogens is 1. The summed E-state index contributed by atoms with van der Waals surface area (Å²) >= 11 is 5.66. The Kier molecular flexibility index (Phi) is 8.22. The van der Waals surface area contributed by atoms with Gasteiger partial charge in [0, 0.05) is 11.8 Å². The van der Waals surface area contributed by atoms with Gasteiger partial charge in [0.25, 0.3) is 0 Å². The third kappa shape index (κ3) is 5.43.